The van der Waals surface area contributed by atoms with Gasteiger partial charge in [-0.25, -0.2) is 4.98 Å². The van der Waals surface area contributed by atoms with Crippen molar-refractivity contribution in [1.82, 2.24) is 4.98 Å². The predicted octanol–water partition coefficient (Wildman–Crippen LogP) is 3.78. The molecule has 1 aromatic heterocycles. The molecular weight excluding hydrogens is 258 g/mol. The highest BCUT2D eigenvalue weighted by Gasteiger charge is 2.20. The van der Waals surface area contributed by atoms with Gasteiger partial charge in [0.1, 0.15) is 5.82 Å². The summed E-state index contributed by atoms with van der Waals surface area (Å²) in [7, 11) is 0. The summed E-state index contributed by atoms with van der Waals surface area (Å²) in [6.45, 7) is 6.50. The number of benzene rings is 1. The Bertz CT molecular complexity index is 587. The molecule has 0 unspecified atom stereocenters. The first-order valence-corrected chi connectivity index (χ1v) is 7.73. The highest BCUT2D eigenvalue weighted by atomic mass is 15.2. The van der Waals surface area contributed by atoms with Crippen LogP contribution in [0.4, 0.5) is 11.5 Å². The molecule has 0 spiro atoms. The van der Waals surface area contributed by atoms with Gasteiger partial charge in [0.05, 0.1) is 0 Å². The lowest BCUT2D eigenvalue weighted by atomic mass is 10.0. The summed E-state index contributed by atoms with van der Waals surface area (Å²) in [4.78, 5) is 6.82. The Morgan fingerprint density at radius 1 is 1.05 bits per heavy atom. The van der Waals surface area contributed by atoms with Crippen LogP contribution >= 0.6 is 0 Å². The Labute approximate surface area is 127 Å². The minimum atomic E-state index is 0.561. The number of nitrogens with zero attached hydrogens (tertiary/aromatic N) is 2. The quantitative estimate of drug-likeness (QED) is 0.928. The van der Waals surface area contributed by atoms with Gasteiger partial charge in [-0.1, -0.05) is 18.2 Å². The van der Waals surface area contributed by atoms with Crippen LogP contribution in [0.1, 0.15) is 24.0 Å². The molecule has 1 saturated heterocycles. The van der Waals surface area contributed by atoms with Crippen LogP contribution in [-0.2, 0) is 0 Å². The average molecular weight is 281 g/mol. The molecular formula is C18H23N3. The van der Waals surface area contributed by atoms with Gasteiger partial charge in [-0.05, 0) is 56.0 Å². The van der Waals surface area contributed by atoms with Gasteiger partial charge in [0.15, 0.2) is 0 Å². The molecule has 21 heavy (non-hydrogen) atoms. The third kappa shape index (κ3) is 3.18. The van der Waals surface area contributed by atoms with Crippen LogP contribution in [0.15, 0.2) is 42.6 Å². The molecule has 110 valence electrons. The zero-order valence-corrected chi connectivity index (χ0v) is 12.8. The number of nitrogens with one attached hydrogen (secondary N) is 1. The molecule has 1 aromatic carbocycles. The van der Waals surface area contributed by atoms with Crippen LogP contribution in [0.2, 0.25) is 0 Å². The first-order chi connectivity index (χ1) is 10.2. The smallest absolute Gasteiger partial charge is 0.128 e. The minimum absolute atomic E-state index is 0.561. The van der Waals surface area contributed by atoms with E-state index in [0.29, 0.717) is 6.04 Å². The monoisotopic (exact) mass is 281 g/mol. The van der Waals surface area contributed by atoms with Crippen molar-refractivity contribution in [3.05, 3.63) is 53.7 Å². The lowest BCUT2D eigenvalue weighted by Gasteiger charge is -2.34. The predicted molar refractivity (Wildman–Crippen MR) is 89.0 cm³/mol. The van der Waals surface area contributed by atoms with E-state index in [1.54, 1.807) is 0 Å². The Balaban J connectivity index is 1.60. The molecule has 3 rings (SSSR count). The summed E-state index contributed by atoms with van der Waals surface area (Å²) in [6.07, 6.45) is 4.18. The van der Waals surface area contributed by atoms with E-state index in [4.69, 9.17) is 0 Å². The molecule has 1 N–H and O–H groups in total. The highest BCUT2D eigenvalue weighted by Crippen LogP contribution is 2.23. The van der Waals surface area contributed by atoms with E-state index in [0.717, 1.165) is 31.7 Å². The van der Waals surface area contributed by atoms with Crippen molar-refractivity contribution < 1.29 is 0 Å². The number of aryl methyl sites for hydroxylation is 1. The molecule has 1 aliphatic rings. The van der Waals surface area contributed by atoms with E-state index in [1.807, 2.05) is 12.3 Å². The van der Waals surface area contributed by atoms with Crippen molar-refractivity contribution in [2.75, 3.05) is 23.3 Å². The average Bonchev–Trinajstić information content (AvgIpc) is 2.53. The van der Waals surface area contributed by atoms with Crippen LogP contribution in [0.5, 0.6) is 0 Å². The van der Waals surface area contributed by atoms with Gasteiger partial charge in [0.2, 0.25) is 0 Å². The molecule has 1 fully saturated rings. The molecule has 0 saturated carbocycles. The van der Waals surface area contributed by atoms with Gasteiger partial charge in [-0.15, -0.1) is 0 Å². The van der Waals surface area contributed by atoms with Gasteiger partial charge in [0, 0.05) is 31.0 Å². The van der Waals surface area contributed by atoms with Crippen LogP contribution in [0.3, 0.4) is 0 Å². The molecule has 1 aliphatic heterocycles. The number of piperidine rings is 1. The third-order valence-corrected chi connectivity index (χ3v) is 4.43. The standard InChI is InChI=1S/C18H23N3/c1-14-6-5-7-17(15(14)2)20-16-9-12-21(13-10-16)18-8-3-4-11-19-18/h3-8,11,16,20H,9-10,12-13H2,1-2H3. The van der Waals surface area contributed by atoms with Crippen LogP contribution in [0.25, 0.3) is 0 Å². The lowest BCUT2D eigenvalue weighted by Crippen LogP contribution is -2.39. The maximum absolute atomic E-state index is 4.44. The van der Waals surface area contributed by atoms with Gasteiger partial charge >= 0.3 is 0 Å². The van der Waals surface area contributed by atoms with Crippen molar-refractivity contribution in [2.24, 2.45) is 0 Å². The van der Waals surface area contributed by atoms with E-state index < -0.39 is 0 Å². The second-order valence-corrected chi connectivity index (χ2v) is 5.84. The maximum atomic E-state index is 4.44. The summed E-state index contributed by atoms with van der Waals surface area (Å²) < 4.78 is 0. The van der Waals surface area contributed by atoms with E-state index in [1.165, 1.54) is 16.8 Å². The second kappa shape index (κ2) is 6.17. The first-order valence-electron chi connectivity index (χ1n) is 7.73. The summed E-state index contributed by atoms with van der Waals surface area (Å²) in [5.41, 5.74) is 4.00. The lowest BCUT2D eigenvalue weighted by molar-refractivity contribution is 0.523. The molecule has 2 heterocycles. The first kappa shape index (κ1) is 13.9. The van der Waals surface area contributed by atoms with Crippen LogP contribution in [-0.4, -0.2) is 24.1 Å². The van der Waals surface area contributed by atoms with E-state index >= 15 is 0 Å². The topological polar surface area (TPSA) is 28.2 Å². The van der Waals surface area contributed by atoms with Gasteiger partial charge in [-0.3, -0.25) is 0 Å². The van der Waals surface area contributed by atoms with Crippen molar-refractivity contribution >= 4 is 11.5 Å². The van der Waals surface area contributed by atoms with Crippen molar-refractivity contribution in [3.8, 4) is 0 Å². The molecule has 0 radical (unpaired) electrons. The molecule has 0 aliphatic carbocycles. The van der Waals surface area contributed by atoms with Gasteiger partial charge < -0.3 is 10.2 Å². The van der Waals surface area contributed by atoms with E-state index in [9.17, 15) is 0 Å². The SMILES string of the molecule is Cc1cccc(NC2CCN(c3ccccn3)CC2)c1C. The van der Waals surface area contributed by atoms with Crippen LogP contribution in [0, 0.1) is 13.8 Å². The van der Waals surface area contributed by atoms with E-state index in [2.05, 4.69) is 59.4 Å². The molecule has 0 atom stereocenters. The zero-order valence-electron chi connectivity index (χ0n) is 12.8. The number of aromatic nitrogens is 1. The highest BCUT2D eigenvalue weighted by molar-refractivity contribution is 5.54. The second-order valence-electron chi connectivity index (χ2n) is 5.84. The van der Waals surface area contributed by atoms with Crippen molar-refractivity contribution in [2.45, 2.75) is 32.7 Å². The maximum Gasteiger partial charge on any atom is 0.128 e. The van der Waals surface area contributed by atoms with Crippen molar-refractivity contribution in [1.29, 1.82) is 0 Å². The molecule has 3 nitrogen and oxygen atoms in total. The fourth-order valence-corrected chi connectivity index (χ4v) is 2.92. The summed E-state index contributed by atoms with van der Waals surface area (Å²) in [6, 6.07) is 13.2. The number of hydrogen-bond donors (Lipinski definition) is 1. The Hall–Kier alpha value is -2.03. The summed E-state index contributed by atoms with van der Waals surface area (Å²) in [5.74, 6) is 1.10. The van der Waals surface area contributed by atoms with Crippen LogP contribution < -0.4 is 10.2 Å². The number of rotatable bonds is 3. The van der Waals surface area contributed by atoms with Gasteiger partial charge in [-0.2, -0.15) is 0 Å². The normalized spacial score (nSPS) is 16.0. The Morgan fingerprint density at radius 2 is 1.86 bits per heavy atom. The zero-order chi connectivity index (χ0) is 14.7. The van der Waals surface area contributed by atoms with E-state index in [-0.39, 0.29) is 0 Å². The number of pyridine rings is 1. The molecule has 2 aromatic rings. The fraction of sp³-hybridized carbons (Fsp3) is 0.389. The van der Waals surface area contributed by atoms with Crippen molar-refractivity contribution in [3.63, 3.8) is 0 Å². The fourth-order valence-electron chi connectivity index (χ4n) is 2.92. The Kier molecular flexibility index (Phi) is 4.09. The molecule has 0 amide bonds. The summed E-state index contributed by atoms with van der Waals surface area (Å²) >= 11 is 0. The molecule has 3 heteroatoms. The third-order valence-electron chi connectivity index (χ3n) is 4.43. The largest absolute Gasteiger partial charge is 0.382 e. The number of hydrogen-bond acceptors (Lipinski definition) is 3. The summed E-state index contributed by atoms with van der Waals surface area (Å²) in [5, 5.41) is 3.71. The van der Waals surface area contributed by atoms with Gasteiger partial charge in [0.25, 0.3) is 0 Å². The number of anilines is 2. The minimum Gasteiger partial charge on any atom is -0.382 e. The molecule has 0 bridgehead atoms. The Morgan fingerprint density at radius 3 is 2.57 bits per heavy atom.